The zero-order valence-electron chi connectivity index (χ0n) is 17.6. The summed E-state index contributed by atoms with van der Waals surface area (Å²) >= 11 is 0. The molecule has 0 fully saturated rings. The summed E-state index contributed by atoms with van der Waals surface area (Å²) in [7, 11) is 0. The van der Waals surface area contributed by atoms with Crippen LogP contribution in [0.25, 0.3) is 11.1 Å². The van der Waals surface area contributed by atoms with Crippen molar-refractivity contribution in [2.24, 2.45) is 0 Å². The summed E-state index contributed by atoms with van der Waals surface area (Å²) in [5, 5.41) is 0. The van der Waals surface area contributed by atoms with Gasteiger partial charge in [-0.1, -0.05) is 124 Å². The topological polar surface area (TPSA) is 0 Å². The molecule has 0 spiro atoms. The van der Waals surface area contributed by atoms with Gasteiger partial charge in [0.25, 0.3) is 0 Å². The fourth-order valence-electron chi connectivity index (χ4n) is 3.49. The highest BCUT2D eigenvalue weighted by Crippen LogP contribution is 2.47. The van der Waals surface area contributed by atoms with Gasteiger partial charge in [0.1, 0.15) is 0 Å². The molecule has 0 saturated carbocycles. The first-order valence-corrected chi connectivity index (χ1v) is 10.4. The van der Waals surface area contributed by atoms with Gasteiger partial charge < -0.3 is 0 Å². The molecule has 28 heavy (non-hydrogen) atoms. The molecule has 0 radical (unpaired) electrons. The first-order valence-electron chi connectivity index (χ1n) is 10.4. The highest BCUT2D eigenvalue weighted by molar-refractivity contribution is 5.80. The minimum Gasteiger partial charge on any atom is -0.0877 e. The smallest absolute Gasteiger partial charge is 0.0352 e. The molecule has 0 aliphatic heterocycles. The molecular weight excluding hydrogens is 336 g/mol. The molecule has 0 N–H and O–H groups in total. The summed E-state index contributed by atoms with van der Waals surface area (Å²) < 4.78 is 0. The van der Waals surface area contributed by atoms with E-state index in [2.05, 4.69) is 97.9 Å². The number of allylic oxidation sites excluding steroid dienone is 4. The van der Waals surface area contributed by atoms with Crippen molar-refractivity contribution in [2.75, 3.05) is 0 Å². The minimum absolute atomic E-state index is 0.383. The van der Waals surface area contributed by atoms with Crippen LogP contribution in [-0.4, -0.2) is 0 Å². The first kappa shape index (κ1) is 21.4. The van der Waals surface area contributed by atoms with Crippen LogP contribution in [0.5, 0.6) is 0 Å². The molecule has 0 bridgehead atoms. The molecule has 0 unspecified atom stereocenters. The van der Waals surface area contributed by atoms with Crippen molar-refractivity contribution in [3.05, 3.63) is 120 Å². The molecule has 1 aliphatic carbocycles. The second-order valence-corrected chi connectivity index (χ2v) is 6.38. The van der Waals surface area contributed by atoms with Gasteiger partial charge in [-0.05, 0) is 41.2 Å². The van der Waals surface area contributed by atoms with Crippen molar-refractivity contribution in [1.29, 1.82) is 0 Å². The predicted molar refractivity (Wildman–Crippen MR) is 125 cm³/mol. The molecule has 0 aromatic heterocycles. The zero-order chi connectivity index (χ0) is 20.2. The third kappa shape index (κ3) is 5.10. The quantitative estimate of drug-likeness (QED) is 0.318. The predicted octanol–water partition coefficient (Wildman–Crippen LogP) is 8.40. The molecule has 0 atom stereocenters. The molecule has 1 aliphatic rings. The maximum absolute atomic E-state index is 2.26. The fraction of sp³-hybridized carbons (Fsp3) is 0.214. The molecule has 3 aromatic rings. The van der Waals surface area contributed by atoms with E-state index in [0.29, 0.717) is 5.92 Å². The second kappa shape index (κ2) is 11.8. The van der Waals surface area contributed by atoms with Crippen molar-refractivity contribution < 1.29 is 0 Å². The van der Waals surface area contributed by atoms with E-state index in [1.165, 1.54) is 27.8 Å². The van der Waals surface area contributed by atoms with Crippen molar-refractivity contribution in [1.82, 2.24) is 0 Å². The van der Waals surface area contributed by atoms with Gasteiger partial charge in [0.15, 0.2) is 0 Å². The van der Waals surface area contributed by atoms with E-state index >= 15 is 0 Å². The van der Waals surface area contributed by atoms with Gasteiger partial charge in [-0.15, -0.1) is 0 Å². The van der Waals surface area contributed by atoms with Crippen molar-refractivity contribution >= 4 is 0 Å². The van der Waals surface area contributed by atoms with Crippen molar-refractivity contribution in [3.63, 3.8) is 0 Å². The van der Waals surface area contributed by atoms with Crippen LogP contribution < -0.4 is 0 Å². The number of fused-ring (bicyclic) bond motifs is 3. The Labute approximate surface area is 171 Å². The monoisotopic (exact) mass is 368 g/mol. The van der Waals surface area contributed by atoms with Crippen LogP contribution in [-0.2, 0) is 0 Å². The van der Waals surface area contributed by atoms with Gasteiger partial charge in [0.2, 0.25) is 0 Å². The first-order chi connectivity index (χ1) is 13.9. The molecule has 144 valence electrons. The number of hydrogen-bond acceptors (Lipinski definition) is 0. The zero-order valence-corrected chi connectivity index (χ0v) is 17.6. The van der Waals surface area contributed by atoms with Crippen LogP contribution in [0.2, 0.25) is 0 Å². The van der Waals surface area contributed by atoms with Gasteiger partial charge >= 0.3 is 0 Å². The Kier molecular flexibility index (Phi) is 9.01. The Bertz CT molecular complexity index is 839. The minimum atomic E-state index is 0.383. The normalized spacial score (nSPS) is 12.0. The standard InChI is InChI=1S/C19H14.C7H12.C2H6/c1-2-8-14(9-3-1)19-17-12-6-4-10-15(17)16-11-5-7-13-18(16)19;1-3-5-7-6-4-2;1-2/h1-13,19H;3,5-7H,4H2,1-2H3;1-2H3/b;5-3-,7-6-;. The molecule has 3 aromatic carbocycles. The van der Waals surface area contributed by atoms with Crippen molar-refractivity contribution in [2.45, 2.75) is 40.0 Å². The number of rotatable bonds is 3. The third-order valence-corrected chi connectivity index (χ3v) is 4.64. The van der Waals surface area contributed by atoms with Crippen LogP contribution in [0.3, 0.4) is 0 Å². The van der Waals surface area contributed by atoms with Crippen LogP contribution in [0.1, 0.15) is 56.7 Å². The molecule has 0 nitrogen and oxygen atoms in total. The van der Waals surface area contributed by atoms with Crippen molar-refractivity contribution in [3.8, 4) is 11.1 Å². The van der Waals surface area contributed by atoms with E-state index in [9.17, 15) is 0 Å². The molecule has 0 heterocycles. The fourth-order valence-corrected chi connectivity index (χ4v) is 3.49. The van der Waals surface area contributed by atoms with E-state index in [4.69, 9.17) is 0 Å². The Balaban J connectivity index is 0.000000268. The number of benzene rings is 3. The lowest BCUT2D eigenvalue weighted by Crippen LogP contribution is -1.98. The van der Waals surface area contributed by atoms with E-state index in [1.54, 1.807) is 0 Å². The summed E-state index contributed by atoms with van der Waals surface area (Å²) in [6, 6.07) is 28.3. The van der Waals surface area contributed by atoms with Gasteiger partial charge in [0.05, 0.1) is 0 Å². The molecule has 0 saturated heterocycles. The van der Waals surface area contributed by atoms with Gasteiger partial charge in [-0.3, -0.25) is 0 Å². The average molecular weight is 369 g/mol. The molecule has 0 heteroatoms. The van der Waals surface area contributed by atoms with E-state index < -0.39 is 0 Å². The lowest BCUT2D eigenvalue weighted by atomic mass is 9.89. The average Bonchev–Trinajstić information content (AvgIpc) is 3.11. The van der Waals surface area contributed by atoms with E-state index in [0.717, 1.165) is 6.42 Å². The largest absolute Gasteiger partial charge is 0.0877 e. The molecule has 4 rings (SSSR count). The maximum atomic E-state index is 2.26. The third-order valence-electron chi connectivity index (χ3n) is 4.64. The maximum Gasteiger partial charge on any atom is 0.0352 e. The molecule has 0 amide bonds. The summed E-state index contributed by atoms with van der Waals surface area (Å²) in [6.07, 6.45) is 9.36. The van der Waals surface area contributed by atoms with E-state index in [1.807, 2.05) is 32.9 Å². The summed E-state index contributed by atoms with van der Waals surface area (Å²) in [5.74, 6) is 0.383. The van der Waals surface area contributed by atoms with Gasteiger partial charge in [0, 0.05) is 5.92 Å². The highest BCUT2D eigenvalue weighted by atomic mass is 14.3. The van der Waals surface area contributed by atoms with Crippen LogP contribution in [0.15, 0.2) is 103 Å². The summed E-state index contributed by atoms with van der Waals surface area (Å²) in [6.45, 7) is 8.14. The van der Waals surface area contributed by atoms with E-state index in [-0.39, 0.29) is 0 Å². The van der Waals surface area contributed by atoms with Gasteiger partial charge in [-0.2, -0.15) is 0 Å². The lowest BCUT2D eigenvalue weighted by molar-refractivity contribution is 1.02. The van der Waals surface area contributed by atoms with Crippen LogP contribution in [0.4, 0.5) is 0 Å². The SMILES string of the molecule is C/C=C\C=C/CC.CC.c1ccc(C2c3ccccc3-c3ccccc32)cc1. The lowest BCUT2D eigenvalue weighted by Gasteiger charge is -2.13. The Morgan fingerprint density at radius 2 is 1.18 bits per heavy atom. The second-order valence-electron chi connectivity index (χ2n) is 6.38. The Morgan fingerprint density at radius 3 is 1.68 bits per heavy atom. The Hall–Kier alpha value is -2.86. The Morgan fingerprint density at radius 1 is 0.679 bits per heavy atom. The van der Waals surface area contributed by atoms with Crippen LogP contribution >= 0.6 is 0 Å². The van der Waals surface area contributed by atoms with Gasteiger partial charge in [-0.25, -0.2) is 0 Å². The highest BCUT2D eigenvalue weighted by Gasteiger charge is 2.28. The summed E-state index contributed by atoms with van der Waals surface area (Å²) in [4.78, 5) is 0. The molecular formula is C28H32. The van der Waals surface area contributed by atoms with Crippen LogP contribution in [0, 0.1) is 0 Å². The number of hydrogen-bond donors (Lipinski definition) is 0. The summed E-state index contributed by atoms with van der Waals surface area (Å²) in [5.41, 5.74) is 6.99.